The van der Waals surface area contributed by atoms with Crippen LogP contribution in [0.4, 0.5) is 5.69 Å². The van der Waals surface area contributed by atoms with Crippen LogP contribution in [0.25, 0.3) is 0 Å². The molecule has 0 radical (unpaired) electrons. The van der Waals surface area contributed by atoms with E-state index in [4.69, 9.17) is 46.4 Å². The van der Waals surface area contributed by atoms with Gasteiger partial charge >= 0.3 is 0 Å². The zero-order chi connectivity index (χ0) is 19.6. The average molecular weight is 442 g/mol. The summed E-state index contributed by atoms with van der Waals surface area (Å²) in [6.07, 6.45) is 1.56. The van der Waals surface area contributed by atoms with E-state index in [1.165, 1.54) is 22.8 Å². The van der Waals surface area contributed by atoms with Crippen LogP contribution in [0, 0.1) is 0 Å². The lowest BCUT2D eigenvalue weighted by Crippen LogP contribution is -2.21. The van der Waals surface area contributed by atoms with Gasteiger partial charge in [-0.1, -0.05) is 52.5 Å². The molecule has 0 atom stereocenters. The number of pyridine rings is 1. The molecule has 0 spiro atoms. The highest BCUT2D eigenvalue weighted by Crippen LogP contribution is 2.24. The van der Waals surface area contributed by atoms with Gasteiger partial charge in [-0.25, -0.2) is 0 Å². The van der Waals surface area contributed by atoms with Crippen molar-refractivity contribution in [1.29, 1.82) is 0 Å². The van der Waals surface area contributed by atoms with Gasteiger partial charge in [-0.15, -0.1) is 0 Å². The lowest BCUT2D eigenvalue weighted by atomic mass is 10.2. The zero-order valence-corrected chi connectivity index (χ0v) is 16.7. The molecule has 0 aliphatic rings. The molecule has 0 aliphatic carbocycles. The lowest BCUT2D eigenvalue weighted by Gasteiger charge is -2.11. The van der Waals surface area contributed by atoms with Gasteiger partial charge in [0.1, 0.15) is 0 Å². The molecule has 3 rings (SSSR count). The van der Waals surface area contributed by atoms with E-state index < -0.39 is 0 Å². The van der Waals surface area contributed by atoms with Crippen molar-refractivity contribution in [3.63, 3.8) is 0 Å². The third-order valence-electron chi connectivity index (χ3n) is 3.76. The van der Waals surface area contributed by atoms with Crippen molar-refractivity contribution in [3.05, 3.63) is 96.3 Å². The van der Waals surface area contributed by atoms with Crippen LogP contribution < -0.4 is 10.9 Å². The number of aromatic nitrogens is 1. The second-order valence-electron chi connectivity index (χ2n) is 5.72. The van der Waals surface area contributed by atoms with Crippen molar-refractivity contribution in [2.75, 3.05) is 5.32 Å². The van der Waals surface area contributed by atoms with Crippen LogP contribution in [0.5, 0.6) is 0 Å². The predicted molar refractivity (Wildman–Crippen MR) is 111 cm³/mol. The molecule has 8 heteroatoms. The molecule has 27 heavy (non-hydrogen) atoms. The largest absolute Gasteiger partial charge is 0.321 e. The molecule has 4 nitrogen and oxygen atoms in total. The Morgan fingerprint density at radius 3 is 2.19 bits per heavy atom. The molecule has 0 aliphatic heterocycles. The molecule has 0 unspecified atom stereocenters. The number of nitrogens with zero attached hydrogens (tertiary/aromatic N) is 1. The molecule has 0 fully saturated rings. The maximum atomic E-state index is 12.4. The fourth-order valence-electron chi connectivity index (χ4n) is 2.40. The SMILES string of the molecule is O=C(Nc1ccc(=O)n(Cc2ccc(Cl)c(Cl)c2)c1)c1ccc(Cl)c(Cl)c1. The summed E-state index contributed by atoms with van der Waals surface area (Å²) in [6.45, 7) is 0.284. The fraction of sp³-hybridized carbons (Fsp3) is 0.0526. The number of benzene rings is 2. The summed E-state index contributed by atoms with van der Waals surface area (Å²) >= 11 is 23.7. The Morgan fingerprint density at radius 2 is 1.52 bits per heavy atom. The molecular formula is C19H12Cl4N2O2. The molecule has 1 aromatic heterocycles. The first-order chi connectivity index (χ1) is 12.8. The summed E-state index contributed by atoms with van der Waals surface area (Å²) in [5, 5.41) is 4.23. The van der Waals surface area contributed by atoms with Crippen LogP contribution >= 0.6 is 46.4 Å². The smallest absolute Gasteiger partial charge is 0.255 e. The van der Waals surface area contributed by atoms with E-state index in [-0.39, 0.29) is 23.0 Å². The molecule has 3 aromatic rings. The first-order valence-electron chi connectivity index (χ1n) is 7.74. The summed E-state index contributed by atoms with van der Waals surface area (Å²) in [5.74, 6) is -0.367. The minimum atomic E-state index is -0.367. The number of amides is 1. The Bertz CT molecular complexity index is 1080. The molecular weight excluding hydrogens is 430 g/mol. The lowest BCUT2D eigenvalue weighted by molar-refractivity contribution is 0.102. The van der Waals surface area contributed by atoms with E-state index >= 15 is 0 Å². The molecule has 1 N–H and O–H groups in total. The highest BCUT2D eigenvalue weighted by Gasteiger charge is 2.10. The zero-order valence-electron chi connectivity index (χ0n) is 13.7. The second-order valence-corrected chi connectivity index (χ2v) is 7.34. The topological polar surface area (TPSA) is 51.1 Å². The summed E-state index contributed by atoms with van der Waals surface area (Å²) in [5.41, 5.74) is 1.41. The molecule has 0 saturated heterocycles. The average Bonchev–Trinajstić information content (AvgIpc) is 2.63. The summed E-state index contributed by atoms with van der Waals surface area (Å²) in [6, 6.07) is 12.6. The van der Waals surface area contributed by atoms with Crippen LogP contribution in [0.2, 0.25) is 20.1 Å². The van der Waals surface area contributed by atoms with Gasteiger partial charge in [-0.05, 0) is 42.0 Å². The highest BCUT2D eigenvalue weighted by atomic mass is 35.5. The quantitative estimate of drug-likeness (QED) is 0.559. The van der Waals surface area contributed by atoms with Gasteiger partial charge in [0.15, 0.2) is 0 Å². The summed E-state index contributed by atoms with van der Waals surface area (Å²) in [4.78, 5) is 24.5. The highest BCUT2D eigenvalue weighted by molar-refractivity contribution is 6.42. The van der Waals surface area contributed by atoms with E-state index in [0.29, 0.717) is 26.3 Å². The Labute approximate surface area is 175 Å². The molecule has 138 valence electrons. The second kappa shape index (κ2) is 8.36. The fourth-order valence-corrected chi connectivity index (χ4v) is 3.02. The van der Waals surface area contributed by atoms with Crippen molar-refractivity contribution >= 4 is 58.0 Å². The maximum Gasteiger partial charge on any atom is 0.255 e. The van der Waals surface area contributed by atoms with Gasteiger partial charge in [0.05, 0.1) is 32.3 Å². The van der Waals surface area contributed by atoms with E-state index in [9.17, 15) is 9.59 Å². The van der Waals surface area contributed by atoms with Gasteiger partial charge in [0.2, 0.25) is 0 Å². The first kappa shape index (κ1) is 19.8. The normalized spacial score (nSPS) is 10.7. The van der Waals surface area contributed by atoms with Gasteiger partial charge in [0.25, 0.3) is 11.5 Å². The molecule has 1 amide bonds. The van der Waals surface area contributed by atoms with Crippen molar-refractivity contribution < 1.29 is 4.79 Å². The van der Waals surface area contributed by atoms with E-state index in [1.807, 2.05) is 0 Å². The number of anilines is 1. The van der Waals surface area contributed by atoms with E-state index in [1.54, 1.807) is 36.5 Å². The monoisotopic (exact) mass is 440 g/mol. The predicted octanol–water partition coefficient (Wildman–Crippen LogP) is 5.76. The maximum absolute atomic E-state index is 12.4. The summed E-state index contributed by atoms with van der Waals surface area (Å²) < 4.78 is 1.46. The van der Waals surface area contributed by atoms with Crippen LogP contribution in [0.3, 0.4) is 0 Å². The van der Waals surface area contributed by atoms with Gasteiger partial charge in [0, 0.05) is 17.8 Å². The first-order valence-corrected chi connectivity index (χ1v) is 9.25. The van der Waals surface area contributed by atoms with Crippen LogP contribution in [-0.2, 0) is 6.54 Å². The van der Waals surface area contributed by atoms with E-state index in [0.717, 1.165) is 5.56 Å². The Kier molecular flexibility index (Phi) is 6.12. The minimum absolute atomic E-state index is 0.214. The number of hydrogen-bond acceptors (Lipinski definition) is 2. The molecule has 0 saturated carbocycles. The van der Waals surface area contributed by atoms with E-state index in [2.05, 4.69) is 5.32 Å². The number of halogens is 4. The number of carbonyl (C=O) groups excluding carboxylic acids is 1. The minimum Gasteiger partial charge on any atom is -0.321 e. The summed E-state index contributed by atoms with van der Waals surface area (Å²) in [7, 11) is 0. The third kappa shape index (κ3) is 4.85. The molecule has 2 aromatic carbocycles. The number of hydrogen-bond donors (Lipinski definition) is 1. The van der Waals surface area contributed by atoms with Gasteiger partial charge in [-0.2, -0.15) is 0 Å². The number of carbonyl (C=O) groups is 1. The number of rotatable bonds is 4. The third-order valence-corrected chi connectivity index (χ3v) is 5.24. The van der Waals surface area contributed by atoms with Crippen LogP contribution in [-0.4, -0.2) is 10.5 Å². The van der Waals surface area contributed by atoms with Crippen LogP contribution in [0.15, 0.2) is 59.5 Å². The van der Waals surface area contributed by atoms with Crippen molar-refractivity contribution in [2.24, 2.45) is 0 Å². The van der Waals surface area contributed by atoms with Crippen molar-refractivity contribution in [2.45, 2.75) is 6.54 Å². The Morgan fingerprint density at radius 1 is 0.852 bits per heavy atom. The standard InChI is InChI=1S/C19H12Cl4N2O2/c20-14-4-1-11(7-16(14)22)9-25-10-13(3-6-18(25)26)24-19(27)12-2-5-15(21)17(23)8-12/h1-8,10H,9H2,(H,24,27). The van der Waals surface area contributed by atoms with Gasteiger partial charge < -0.3 is 9.88 Å². The van der Waals surface area contributed by atoms with Crippen molar-refractivity contribution in [1.82, 2.24) is 4.57 Å². The number of nitrogens with one attached hydrogen (secondary N) is 1. The Balaban J connectivity index is 1.82. The van der Waals surface area contributed by atoms with Crippen molar-refractivity contribution in [3.8, 4) is 0 Å². The Hall–Kier alpha value is -1.98. The molecule has 0 bridgehead atoms. The van der Waals surface area contributed by atoms with Crippen LogP contribution in [0.1, 0.15) is 15.9 Å². The molecule has 1 heterocycles. The van der Waals surface area contributed by atoms with Gasteiger partial charge in [-0.3, -0.25) is 9.59 Å².